The van der Waals surface area contributed by atoms with Gasteiger partial charge >= 0.3 is 0 Å². The smallest absolute Gasteiger partial charge is 0.0411 e. The number of rotatable bonds is 5. The van der Waals surface area contributed by atoms with Gasteiger partial charge in [0.25, 0.3) is 0 Å². The number of hydrogen-bond donors (Lipinski definition) is 1. The maximum Gasteiger partial charge on any atom is 0.0411 e. The first-order chi connectivity index (χ1) is 9.17. The molecule has 1 aromatic carbocycles. The van der Waals surface area contributed by atoms with Gasteiger partial charge in [0.1, 0.15) is 0 Å². The van der Waals surface area contributed by atoms with E-state index in [4.69, 9.17) is 0 Å². The van der Waals surface area contributed by atoms with E-state index in [-0.39, 0.29) is 5.54 Å². The van der Waals surface area contributed by atoms with Gasteiger partial charge in [0.15, 0.2) is 0 Å². The maximum atomic E-state index is 3.77. The second-order valence-corrected chi connectivity index (χ2v) is 6.67. The number of nitrogens with zero attached hydrogens (tertiary/aromatic N) is 1. The van der Waals surface area contributed by atoms with Crippen LogP contribution in [0, 0.1) is 5.92 Å². The van der Waals surface area contributed by atoms with Crippen molar-refractivity contribution in [3.05, 3.63) is 29.8 Å². The van der Waals surface area contributed by atoms with Gasteiger partial charge in [0.05, 0.1) is 0 Å². The van der Waals surface area contributed by atoms with Crippen LogP contribution in [0.5, 0.6) is 0 Å². The number of benzene rings is 1. The zero-order valence-corrected chi connectivity index (χ0v) is 12.3. The van der Waals surface area contributed by atoms with Crippen molar-refractivity contribution >= 4 is 5.69 Å². The molecular weight excluding hydrogens is 232 g/mol. The predicted octanol–water partition coefficient (Wildman–Crippen LogP) is 3.57. The highest BCUT2D eigenvalue weighted by molar-refractivity contribution is 5.54. The second kappa shape index (κ2) is 5.16. The summed E-state index contributed by atoms with van der Waals surface area (Å²) in [5.74, 6) is 0.881. The van der Waals surface area contributed by atoms with Crippen LogP contribution < -0.4 is 10.2 Å². The molecule has 0 radical (unpaired) electrons. The van der Waals surface area contributed by atoms with Crippen molar-refractivity contribution in [3.8, 4) is 0 Å². The fourth-order valence-electron chi connectivity index (χ4n) is 3.20. The van der Waals surface area contributed by atoms with Crippen LogP contribution in [0.4, 0.5) is 5.69 Å². The maximum absolute atomic E-state index is 3.77. The minimum absolute atomic E-state index is 0.290. The molecule has 0 amide bonds. The van der Waals surface area contributed by atoms with E-state index < -0.39 is 0 Å². The number of nitrogens with one attached hydrogen (secondary N) is 1. The Labute approximate surface area is 117 Å². The minimum atomic E-state index is 0.290. The van der Waals surface area contributed by atoms with Crippen molar-refractivity contribution in [2.45, 2.75) is 51.6 Å². The van der Waals surface area contributed by atoms with Crippen LogP contribution in [0.15, 0.2) is 24.3 Å². The summed E-state index contributed by atoms with van der Waals surface area (Å²) in [5, 5.41) is 3.77. The average molecular weight is 258 g/mol. The van der Waals surface area contributed by atoms with Crippen molar-refractivity contribution in [2.24, 2.45) is 5.92 Å². The predicted molar refractivity (Wildman–Crippen MR) is 81.5 cm³/mol. The summed E-state index contributed by atoms with van der Waals surface area (Å²) in [5.41, 5.74) is 3.19. The normalized spacial score (nSPS) is 20.0. The summed E-state index contributed by atoms with van der Waals surface area (Å²) >= 11 is 0. The Hall–Kier alpha value is -1.02. The molecule has 104 valence electrons. The molecule has 0 aromatic heterocycles. The van der Waals surface area contributed by atoms with Gasteiger partial charge in [-0.3, -0.25) is 0 Å². The monoisotopic (exact) mass is 258 g/mol. The molecule has 19 heavy (non-hydrogen) atoms. The molecule has 0 bridgehead atoms. The lowest BCUT2D eigenvalue weighted by atomic mass is 9.98. The fourth-order valence-corrected chi connectivity index (χ4v) is 3.20. The first kappa shape index (κ1) is 13.0. The van der Waals surface area contributed by atoms with Crippen LogP contribution in [-0.4, -0.2) is 18.6 Å². The second-order valence-electron chi connectivity index (χ2n) is 6.67. The first-order valence-electron chi connectivity index (χ1n) is 7.75. The minimum Gasteiger partial charge on any atom is -0.371 e. The molecule has 1 saturated carbocycles. The molecule has 0 atom stereocenters. The lowest BCUT2D eigenvalue weighted by Crippen LogP contribution is -2.41. The van der Waals surface area contributed by atoms with Crippen molar-refractivity contribution in [1.29, 1.82) is 0 Å². The first-order valence-corrected chi connectivity index (χ1v) is 7.75. The van der Waals surface area contributed by atoms with Crippen molar-refractivity contribution in [2.75, 3.05) is 18.0 Å². The van der Waals surface area contributed by atoms with Gasteiger partial charge in [0.2, 0.25) is 0 Å². The Morgan fingerprint density at radius 1 is 1.16 bits per heavy atom. The molecule has 1 heterocycles. The largest absolute Gasteiger partial charge is 0.371 e. The number of hydrogen-bond acceptors (Lipinski definition) is 2. The lowest BCUT2D eigenvalue weighted by Gasteiger charge is -2.28. The van der Waals surface area contributed by atoms with E-state index in [1.54, 1.807) is 0 Å². The van der Waals surface area contributed by atoms with Gasteiger partial charge < -0.3 is 10.2 Å². The molecule has 2 fully saturated rings. The van der Waals surface area contributed by atoms with Gasteiger partial charge in [0, 0.05) is 30.9 Å². The lowest BCUT2D eigenvalue weighted by molar-refractivity contribution is 0.339. The zero-order chi connectivity index (χ0) is 13.3. The topological polar surface area (TPSA) is 15.3 Å². The molecule has 2 heteroatoms. The third-order valence-corrected chi connectivity index (χ3v) is 4.77. The highest BCUT2D eigenvalue weighted by Crippen LogP contribution is 2.39. The van der Waals surface area contributed by atoms with E-state index in [1.807, 2.05) is 0 Å². The molecule has 1 saturated heterocycles. The van der Waals surface area contributed by atoms with E-state index in [9.17, 15) is 0 Å². The molecule has 1 N–H and O–H groups in total. The van der Waals surface area contributed by atoms with Crippen LogP contribution in [0.2, 0.25) is 0 Å². The standard InChI is InChI=1S/C17H26N2/c1-17(2,15-9-10-15)18-13-14-7-3-4-8-16(14)19-11-5-6-12-19/h3-4,7-8,15,18H,5-6,9-13H2,1-2H3. The van der Waals surface area contributed by atoms with Gasteiger partial charge in [-0.1, -0.05) is 18.2 Å². The van der Waals surface area contributed by atoms with Crippen molar-refractivity contribution in [3.63, 3.8) is 0 Å². The van der Waals surface area contributed by atoms with Crippen LogP contribution >= 0.6 is 0 Å². The van der Waals surface area contributed by atoms with Crippen LogP contribution in [0.3, 0.4) is 0 Å². The molecule has 1 aliphatic heterocycles. The average Bonchev–Trinajstić information content (AvgIpc) is 3.14. The Balaban J connectivity index is 1.69. The zero-order valence-electron chi connectivity index (χ0n) is 12.3. The summed E-state index contributed by atoms with van der Waals surface area (Å²) in [6.07, 6.45) is 5.48. The van der Waals surface area contributed by atoms with Gasteiger partial charge in [-0.25, -0.2) is 0 Å². The van der Waals surface area contributed by atoms with Crippen molar-refractivity contribution in [1.82, 2.24) is 5.32 Å². The van der Waals surface area contributed by atoms with Gasteiger partial charge in [-0.05, 0) is 57.1 Å². The highest BCUT2D eigenvalue weighted by Gasteiger charge is 2.37. The third kappa shape index (κ3) is 2.94. The molecule has 2 nitrogen and oxygen atoms in total. The Morgan fingerprint density at radius 3 is 2.53 bits per heavy atom. The molecule has 1 aliphatic carbocycles. The Kier molecular flexibility index (Phi) is 3.53. The summed E-state index contributed by atoms with van der Waals surface area (Å²) in [7, 11) is 0. The van der Waals surface area contributed by atoms with Crippen LogP contribution in [0.1, 0.15) is 45.1 Å². The van der Waals surface area contributed by atoms with Crippen LogP contribution in [0.25, 0.3) is 0 Å². The molecule has 0 unspecified atom stereocenters. The summed E-state index contributed by atoms with van der Waals surface area (Å²) < 4.78 is 0. The van der Waals surface area contributed by atoms with E-state index >= 15 is 0 Å². The molecule has 2 aliphatic rings. The molecule has 1 aromatic rings. The SMILES string of the molecule is CC(C)(NCc1ccccc1N1CCCC1)C1CC1. The molecular formula is C17H26N2. The van der Waals surface area contributed by atoms with Gasteiger partial charge in [-0.15, -0.1) is 0 Å². The fraction of sp³-hybridized carbons (Fsp3) is 0.647. The van der Waals surface area contributed by atoms with E-state index in [0.29, 0.717) is 0 Å². The number of anilines is 1. The Bertz CT molecular complexity index is 429. The summed E-state index contributed by atoms with van der Waals surface area (Å²) in [6.45, 7) is 8.15. The highest BCUT2D eigenvalue weighted by atomic mass is 15.1. The van der Waals surface area contributed by atoms with E-state index in [1.165, 1.54) is 50.0 Å². The molecule has 0 spiro atoms. The molecule has 3 rings (SSSR count). The summed E-state index contributed by atoms with van der Waals surface area (Å²) in [6, 6.07) is 8.90. The summed E-state index contributed by atoms with van der Waals surface area (Å²) in [4.78, 5) is 2.54. The van der Waals surface area contributed by atoms with E-state index in [0.717, 1.165) is 12.5 Å². The Morgan fingerprint density at radius 2 is 1.84 bits per heavy atom. The van der Waals surface area contributed by atoms with Gasteiger partial charge in [-0.2, -0.15) is 0 Å². The quantitative estimate of drug-likeness (QED) is 0.868. The third-order valence-electron chi connectivity index (χ3n) is 4.77. The number of para-hydroxylation sites is 1. The van der Waals surface area contributed by atoms with E-state index in [2.05, 4.69) is 48.3 Å². The van der Waals surface area contributed by atoms with Crippen molar-refractivity contribution < 1.29 is 0 Å². The van der Waals surface area contributed by atoms with Crippen LogP contribution in [-0.2, 0) is 6.54 Å².